The Morgan fingerprint density at radius 1 is 1.35 bits per heavy atom. The molecular weight excluding hydrogens is 254 g/mol. The van der Waals surface area contributed by atoms with E-state index >= 15 is 0 Å². The van der Waals surface area contributed by atoms with Crippen LogP contribution in [0, 0.1) is 5.92 Å². The SMILES string of the molecule is O=C(Cc1ccn[nH]1)N1CCC[C@@H]1[C@H]1CCCC[C@@H]1O. The predicted octanol–water partition coefficient (Wildman–Crippen LogP) is 1.49. The Morgan fingerprint density at radius 2 is 2.20 bits per heavy atom. The quantitative estimate of drug-likeness (QED) is 0.879. The van der Waals surface area contributed by atoms with Crippen molar-refractivity contribution in [3.63, 3.8) is 0 Å². The van der Waals surface area contributed by atoms with Crippen molar-refractivity contribution in [2.45, 2.75) is 57.1 Å². The predicted molar refractivity (Wildman–Crippen MR) is 75.0 cm³/mol. The number of nitrogens with one attached hydrogen (secondary N) is 1. The maximum absolute atomic E-state index is 12.5. The summed E-state index contributed by atoms with van der Waals surface area (Å²) in [7, 11) is 0. The number of aliphatic hydroxyl groups is 1. The van der Waals surface area contributed by atoms with Gasteiger partial charge in [0.15, 0.2) is 0 Å². The minimum Gasteiger partial charge on any atom is -0.393 e. The molecule has 0 unspecified atom stereocenters. The lowest BCUT2D eigenvalue weighted by Crippen LogP contribution is -2.45. The number of carbonyl (C=O) groups excluding carboxylic acids is 1. The van der Waals surface area contributed by atoms with E-state index in [-0.39, 0.29) is 24.0 Å². The van der Waals surface area contributed by atoms with Crippen LogP contribution in [0.5, 0.6) is 0 Å². The largest absolute Gasteiger partial charge is 0.393 e. The van der Waals surface area contributed by atoms with Crippen LogP contribution in [0.3, 0.4) is 0 Å². The molecule has 0 spiro atoms. The molecule has 1 aromatic rings. The minimum atomic E-state index is -0.227. The van der Waals surface area contributed by atoms with Crippen LogP contribution in [0.2, 0.25) is 0 Å². The number of nitrogens with zero attached hydrogens (tertiary/aromatic N) is 2. The number of aromatic nitrogens is 2. The van der Waals surface area contributed by atoms with Gasteiger partial charge in [0, 0.05) is 30.4 Å². The van der Waals surface area contributed by atoms with Gasteiger partial charge in [-0.2, -0.15) is 5.10 Å². The number of aromatic amines is 1. The molecule has 1 aliphatic carbocycles. The maximum Gasteiger partial charge on any atom is 0.228 e. The number of H-pyrrole nitrogens is 1. The summed E-state index contributed by atoms with van der Waals surface area (Å²) < 4.78 is 0. The number of likely N-dealkylation sites (tertiary alicyclic amines) is 1. The van der Waals surface area contributed by atoms with Crippen LogP contribution in [0.15, 0.2) is 12.3 Å². The molecule has 5 heteroatoms. The molecule has 1 saturated heterocycles. The van der Waals surface area contributed by atoms with Crippen LogP contribution in [-0.4, -0.2) is 44.8 Å². The molecule has 5 nitrogen and oxygen atoms in total. The van der Waals surface area contributed by atoms with Crippen LogP contribution >= 0.6 is 0 Å². The first-order valence-electron chi connectivity index (χ1n) is 7.71. The minimum absolute atomic E-state index is 0.162. The zero-order chi connectivity index (χ0) is 13.9. The van der Waals surface area contributed by atoms with Gasteiger partial charge in [0.2, 0.25) is 5.91 Å². The molecule has 2 fully saturated rings. The van der Waals surface area contributed by atoms with E-state index in [4.69, 9.17) is 0 Å². The number of aliphatic hydroxyl groups excluding tert-OH is 1. The third kappa shape index (κ3) is 2.73. The van der Waals surface area contributed by atoms with E-state index in [9.17, 15) is 9.90 Å². The Kier molecular flexibility index (Phi) is 4.05. The molecule has 2 aliphatic rings. The summed E-state index contributed by atoms with van der Waals surface area (Å²) in [5.74, 6) is 0.437. The van der Waals surface area contributed by atoms with E-state index in [2.05, 4.69) is 10.2 Å². The Hall–Kier alpha value is -1.36. The van der Waals surface area contributed by atoms with E-state index in [1.54, 1.807) is 6.20 Å². The van der Waals surface area contributed by atoms with Crippen LogP contribution in [-0.2, 0) is 11.2 Å². The van der Waals surface area contributed by atoms with Crippen molar-refractivity contribution in [2.75, 3.05) is 6.54 Å². The molecule has 3 atom stereocenters. The highest BCUT2D eigenvalue weighted by molar-refractivity contribution is 5.79. The lowest BCUT2D eigenvalue weighted by atomic mass is 9.80. The fraction of sp³-hybridized carbons (Fsp3) is 0.733. The first-order valence-corrected chi connectivity index (χ1v) is 7.71. The van der Waals surface area contributed by atoms with E-state index < -0.39 is 0 Å². The molecule has 2 heterocycles. The van der Waals surface area contributed by atoms with Gasteiger partial charge in [0.05, 0.1) is 12.5 Å². The average Bonchev–Trinajstić information content (AvgIpc) is 3.09. The summed E-state index contributed by atoms with van der Waals surface area (Å²) in [5, 5.41) is 17.0. The van der Waals surface area contributed by atoms with E-state index in [0.717, 1.165) is 44.3 Å². The number of rotatable bonds is 3. The van der Waals surface area contributed by atoms with Crippen LogP contribution in [0.1, 0.15) is 44.2 Å². The van der Waals surface area contributed by atoms with Gasteiger partial charge in [-0.05, 0) is 31.7 Å². The van der Waals surface area contributed by atoms with Crippen molar-refractivity contribution < 1.29 is 9.90 Å². The average molecular weight is 277 g/mol. The van der Waals surface area contributed by atoms with Crippen molar-refractivity contribution in [2.24, 2.45) is 5.92 Å². The second kappa shape index (κ2) is 5.95. The fourth-order valence-electron chi connectivity index (χ4n) is 3.78. The van der Waals surface area contributed by atoms with Gasteiger partial charge in [0.25, 0.3) is 0 Å². The number of carbonyl (C=O) groups is 1. The highest BCUT2D eigenvalue weighted by atomic mass is 16.3. The molecule has 3 rings (SSSR count). The third-order valence-electron chi connectivity index (χ3n) is 4.80. The van der Waals surface area contributed by atoms with Gasteiger partial charge in [-0.25, -0.2) is 0 Å². The Labute approximate surface area is 119 Å². The Bertz CT molecular complexity index is 446. The molecule has 20 heavy (non-hydrogen) atoms. The van der Waals surface area contributed by atoms with Crippen molar-refractivity contribution in [1.82, 2.24) is 15.1 Å². The lowest BCUT2D eigenvalue weighted by Gasteiger charge is -2.37. The zero-order valence-corrected chi connectivity index (χ0v) is 11.8. The van der Waals surface area contributed by atoms with Gasteiger partial charge >= 0.3 is 0 Å². The molecule has 1 aliphatic heterocycles. The summed E-state index contributed by atoms with van der Waals surface area (Å²) in [4.78, 5) is 14.5. The van der Waals surface area contributed by atoms with E-state index in [1.807, 2.05) is 11.0 Å². The monoisotopic (exact) mass is 277 g/mol. The first-order chi connectivity index (χ1) is 9.75. The molecule has 0 radical (unpaired) electrons. The summed E-state index contributed by atoms with van der Waals surface area (Å²) in [5.41, 5.74) is 0.866. The van der Waals surface area contributed by atoms with E-state index in [1.165, 1.54) is 6.42 Å². The lowest BCUT2D eigenvalue weighted by molar-refractivity contribution is -0.133. The molecule has 1 aromatic heterocycles. The van der Waals surface area contributed by atoms with Gasteiger partial charge in [-0.15, -0.1) is 0 Å². The molecule has 0 bridgehead atoms. The van der Waals surface area contributed by atoms with Crippen molar-refractivity contribution in [1.29, 1.82) is 0 Å². The van der Waals surface area contributed by atoms with Gasteiger partial charge in [-0.3, -0.25) is 9.89 Å². The van der Waals surface area contributed by atoms with Crippen LogP contribution in [0.25, 0.3) is 0 Å². The second-order valence-electron chi connectivity index (χ2n) is 6.07. The van der Waals surface area contributed by atoms with Gasteiger partial charge < -0.3 is 10.0 Å². The maximum atomic E-state index is 12.5. The summed E-state index contributed by atoms with van der Waals surface area (Å²) in [6, 6.07) is 2.08. The van der Waals surface area contributed by atoms with Gasteiger partial charge in [-0.1, -0.05) is 12.8 Å². The summed E-state index contributed by atoms with van der Waals surface area (Å²) >= 11 is 0. The first kappa shape index (κ1) is 13.6. The number of amides is 1. The highest BCUT2D eigenvalue weighted by Crippen LogP contribution is 2.34. The van der Waals surface area contributed by atoms with Crippen molar-refractivity contribution in [3.05, 3.63) is 18.0 Å². The second-order valence-corrected chi connectivity index (χ2v) is 6.07. The van der Waals surface area contributed by atoms with Gasteiger partial charge in [0.1, 0.15) is 0 Å². The smallest absolute Gasteiger partial charge is 0.228 e. The summed E-state index contributed by atoms with van der Waals surface area (Å²) in [6.45, 7) is 0.834. The molecule has 2 N–H and O–H groups in total. The molecule has 0 aromatic carbocycles. The normalized spacial score (nSPS) is 30.6. The molecule has 110 valence electrons. The van der Waals surface area contributed by atoms with E-state index in [0.29, 0.717) is 6.42 Å². The number of hydrogen-bond donors (Lipinski definition) is 2. The van der Waals surface area contributed by atoms with Crippen molar-refractivity contribution >= 4 is 5.91 Å². The van der Waals surface area contributed by atoms with Crippen LogP contribution < -0.4 is 0 Å². The molecular formula is C15H23N3O2. The molecule has 1 amide bonds. The topological polar surface area (TPSA) is 69.2 Å². The van der Waals surface area contributed by atoms with Crippen molar-refractivity contribution in [3.8, 4) is 0 Å². The Balaban J connectivity index is 1.66. The van der Waals surface area contributed by atoms with Crippen LogP contribution in [0.4, 0.5) is 0 Å². The molecule has 1 saturated carbocycles. The zero-order valence-electron chi connectivity index (χ0n) is 11.8. The fourth-order valence-corrected chi connectivity index (χ4v) is 3.78. The summed E-state index contributed by atoms with van der Waals surface area (Å²) in [6.07, 6.45) is 8.18. The number of hydrogen-bond acceptors (Lipinski definition) is 3. The third-order valence-corrected chi connectivity index (χ3v) is 4.80. The Morgan fingerprint density at radius 3 is 2.95 bits per heavy atom. The standard InChI is InChI=1S/C15H23N3O2/c19-14-6-2-1-4-12(14)13-5-3-9-18(13)15(20)10-11-7-8-16-17-11/h7-8,12-14,19H,1-6,9-10H2,(H,16,17)/t12-,13-,14+/m1/s1. The highest BCUT2D eigenvalue weighted by Gasteiger charge is 2.38.